The van der Waals surface area contributed by atoms with Gasteiger partial charge in [-0.3, -0.25) is 4.79 Å². The van der Waals surface area contributed by atoms with Gasteiger partial charge in [0.2, 0.25) is 0 Å². The summed E-state index contributed by atoms with van der Waals surface area (Å²) in [4.78, 5) is 16.5. The van der Waals surface area contributed by atoms with E-state index in [1.165, 1.54) is 0 Å². The normalized spacial score (nSPS) is 22.1. The highest BCUT2D eigenvalue weighted by molar-refractivity contribution is 6.74. The highest BCUT2D eigenvalue weighted by Gasteiger charge is 2.62. The van der Waals surface area contributed by atoms with Crippen LogP contribution in [0.3, 0.4) is 0 Å². The fourth-order valence-corrected chi connectivity index (χ4v) is 6.99. The Balaban J connectivity index is 2.29. The zero-order chi connectivity index (χ0) is 30.0. The molecule has 0 N–H and O–H groups in total. The van der Waals surface area contributed by atoms with Gasteiger partial charge in [-0.05, 0) is 54.0 Å². The summed E-state index contributed by atoms with van der Waals surface area (Å²) in [5.74, 6) is 6.97. The third-order valence-corrected chi connectivity index (χ3v) is 17.9. The molecule has 0 bridgehead atoms. The summed E-state index contributed by atoms with van der Waals surface area (Å²) in [7, 11) is -4.71. The molecule has 40 heavy (non-hydrogen) atoms. The summed E-state index contributed by atoms with van der Waals surface area (Å²) in [6.45, 7) is 26.7. The number of nitrogens with zero attached hydrogens (tertiary/aromatic N) is 1. The number of likely N-dealkylation sites (tertiary alicyclic amines) is 1. The topological polar surface area (TPSA) is 38.8 Å². The molecule has 3 atom stereocenters. The van der Waals surface area contributed by atoms with Crippen LogP contribution in [0, 0.1) is 11.8 Å². The predicted octanol–water partition coefficient (Wildman–Crippen LogP) is 8.18. The number of benzene rings is 2. The van der Waals surface area contributed by atoms with E-state index in [-0.39, 0.29) is 16.0 Å². The standard InChI is InChI=1S/C34H49NO3Si2/c1-12-24-34(25-23-27-19-15-13-16-20-27)30(38-40(10,11)33(5,6)7)29(37-39(8,9)32(2,3)4)31(36)35(34)26-28-21-17-14-18-22-28/h12-22,29-30H,1,24,26H2,2-11H3/t29-,30-,34+/m1/s1. The molecule has 6 heteroatoms. The summed E-state index contributed by atoms with van der Waals surface area (Å²) >= 11 is 0. The van der Waals surface area contributed by atoms with Crippen molar-refractivity contribution in [3.8, 4) is 11.8 Å². The highest BCUT2D eigenvalue weighted by atomic mass is 28.4. The summed E-state index contributed by atoms with van der Waals surface area (Å²) < 4.78 is 14.3. The Morgan fingerprint density at radius 1 is 0.875 bits per heavy atom. The molecule has 0 radical (unpaired) electrons. The van der Waals surface area contributed by atoms with Crippen molar-refractivity contribution in [1.29, 1.82) is 0 Å². The van der Waals surface area contributed by atoms with Crippen molar-refractivity contribution in [2.75, 3.05) is 0 Å². The van der Waals surface area contributed by atoms with Gasteiger partial charge in [0.1, 0.15) is 11.6 Å². The Kier molecular flexibility index (Phi) is 9.48. The van der Waals surface area contributed by atoms with Crippen molar-refractivity contribution < 1.29 is 13.6 Å². The van der Waals surface area contributed by atoms with Gasteiger partial charge in [-0.2, -0.15) is 0 Å². The molecule has 216 valence electrons. The Morgan fingerprint density at radius 2 is 1.38 bits per heavy atom. The first-order chi connectivity index (χ1) is 18.5. The number of rotatable bonds is 8. The largest absolute Gasteiger partial charge is 0.407 e. The molecule has 0 unspecified atom stereocenters. The molecule has 1 heterocycles. The summed E-state index contributed by atoms with van der Waals surface area (Å²) in [5, 5.41) is -0.129. The molecule has 0 aliphatic carbocycles. The lowest BCUT2D eigenvalue weighted by Crippen LogP contribution is -2.57. The minimum absolute atomic E-state index is 0.0541. The molecule has 0 aromatic heterocycles. The Labute approximate surface area is 245 Å². The van der Waals surface area contributed by atoms with E-state index in [2.05, 4.69) is 98.3 Å². The molecule has 0 spiro atoms. The van der Waals surface area contributed by atoms with Crippen LogP contribution in [0.25, 0.3) is 0 Å². The van der Waals surface area contributed by atoms with Gasteiger partial charge in [-0.25, -0.2) is 0 Å². The molecule has 2 aromatic rings. The first-order valence-corrected chi connectivity index (χ1v) is 20.2. The first kappa shape index (κ1) is 32.1. The quantitative estimate of drug-likeness (QED) is 0.181. The lowest BCUT2D eigenvalue weighted by Gasteiger charge is -2.45. The summed E-state index contributed by atoms with van der Waals surface area (Å²) in [6.07, 6.45) is 1.04. The molecular weight excluding hydrogens is 527 g/mol. The predicted molar refractivity (Wildman–Crippen MR) is 172 cm³/mol. The van der Waals surface area contributed by atoms with Crippen molar-refractivity contribution in [2.24, 2.45) is 0 Å². The molecule has 2 aromatic carbocycles. The molecule has 4 nitrogen and oxygen atoms in total. The maximum atomic E-state index is 14.6. The van der Waals surface area contributed by atoms with Crippen molar-refractivity contribution >= 4 is 22.5 Å². The van der Waals surface area contributed by atoms with Gasteiger partial charge in [0.15, 0.2) is 22.7 Å². The molecule has 1 amide bonds. The van der Waals surface area contributed by atoms with Crippen LogP contribution in [0.1, 0.15) is 59.1 Å². The third-order valence-electron chi connectivity index (χ3n) is 9.03. The molecule has 1 saturated heterocycles. The molecule has 1 aliphatic heterocycles. The first-order valence-electron chi connectivity index (χ1n) is 14.4. The van der Waals surface area contributed by atoms with Crippen LogP contribution in [-0.4, -0.2) is 45.2 Å². The van der Waals surface area contributed by atoms with Crippen molar-refractivity contribution in [1.82, 2.24) is 4.90 Å². The lowest BCUT2D eigenvalue weighted by atomic mass is 9.88. The number of hydrogen-bond acceptors (Lipinski definition) is 3. The van der Waals surface area contributed by atoms with Crippen LogP contribution >= 0.6 is 0 Å². The van der Waals surface area contributed by atoms with Crippen LogP contribution in [-0.2, 0) is 20.2 Å². The monoisotopic (exact) mass is 575 g/mol. The van der Waals surface area contributed by atoms with E-state index in [4.69, 9.17) is 8.85 Å². The molecule has 0 saturated carbocycles. The highest BCUT2D eigenvalue weighted by Crippen LogP contribution is 2.47. The van der Waals surface area contributed by atoms with Gasteiger partial charge in [0.25, 0.3) is 5.91 Å². The van der Waals surface area contributed by atoms with Crippen molar-refractivity contribution in [3.05, 3.63) is 84.4 Å². The van der Waals surface area contributed by atoms with Gasteiger partial charge in [-0.1, -0.05) is 108 Å². The molecular formula is C34H49NO3Si2. The van der Waals surface area contributed by atoms with E-state index in [0.717, 1.165) is 11.1 Å². The van der Waals surface area contributed by atoms with E-state index in [0.29, 0.717) is 13.0 Å². The lowest BCUT2D eigenvalue weighted by molar-refractivity contribution is -0.136. The van der Waals surface area contributed by atoms with Gasteiger partial charge in [-0.15, -0.1) is 6.58 Å². The van der Waals surface area contributed by atoms with Crippen LogP contribution < -0.4 is 0 Å². The van der Waals surface area contributed by atoms with Gasteiger partial charge >= 0.3 is 0 Å². The smallest absolute Gasteiger partial charge is 0.254 e. The van der Waals surface area contributed by atoms with Crippen molar-refractivity contribution in [2.45, 2.75) is 109 Å². The molecule has 3 rings (SSSR count). The van der Waals surface area contributed by atoms with E-state index in [9.17, 15) is 4.79 Å². The van der Waals surface area contributed by atoms with E-state index >= 15 is 0 Å². The van der Waals surface area contributed by atoms with Crippen LogP contribution in [0.2, 0.25) is 36.3 Å². The van der Waals surface area contributed by atoms with Gasteiger partial charge in [0, 0.05) is 18.5 Å². The number of hydrogen-bond donors (Lipinski definition) is 0. The minimum Gasteiger partial charge on any atom is -0.407 e. The van der Waals surface area contributed by atoms with E-state index in [1.54, 1.807) is 0 Å². The van der Waals surface area contributed by atoms with E-state index in [1.807, 2.05) is 59.5 Å². The number of amides is 1. The van der Waals surface area contributed by atoms with Crippen LogP contribution in [0.15, 0.2) is 73.3 Å². The second-order valence-electron chi connectivity index (χ2n) is 14.0. The summed E-state index contributed by atoms with van der Waals surface area (Å²) in [6, 6.07) is 20.1. The van der Waals surface area contributed by atoms with Crippen molar-refractivity contribution in [3.63, 3.8) is 0 Å². The SMILES string of the molecule is C=CC[C@]1(C#Cc2ccccc2)[C@H](O[Si](C)(C)C(C)(C)C)[C@@H](O[Si](C)(C)C(C)(C)C)C(=O)N1Cc1ccccc1. The van der Waals surface area contributed by atoms with Crippen LogP contribution in [0.5, 0.6) is 0 Å². The summed E-state index contributed by atoms with van der Waals surface area (Å²) in [5.41, 5.74) is 1.01. The maximum Gasteiger partial charge on any atom is 0.254 e. The molecule has 1 fully saturated rings. The second-order valence-corrected chi connectivity index (χ2v) is 23.6. The molecule has 1 aliphatic rings. The fourth-order valence-electron chi connectivity index (χ4n) is 4.47. The Hall–Kier alpha value is -2.44. The zero-order valence-corrected chi connectivity index (χ0v) is 28.3. The van der Waals surface area contributed by atoms with E-state index < -0.39 is 34.4 Å². The second kappa shape index (κ2) is 11.8. The minimum atomic E-state index is -2.36. The Bertz CT molecular complexity index is 1230. The zero-order valence-electron chi connectivity index (χ0n) is 26.3. The number of carbonyl (C=O) groups is 1. The Morgan fingerprint density at radius 3 is 1.88 bits per heavy atom. The van der Waals surface area contributed by atoms with Gasteiger partial charge in [0.05, 0.1) is 0 Å². The fraction of sp³-hybridized carbons (Fsp3) is 0.500. The number of carbonyl (C=O) groups excluding carboxylic acids is 1. The van der Waals surface area contributed by atoms with Crippen LogP contribution in [0.4, 0.5) is 0 Å². The average Bonchev–Trinajstić information content (AvgIpc) is 3.05. The third kappa shape index (κ3) is 6.71. The maximum absolute atomic E-state index is 14.6. The average molecular weight is 576 g/mol. The van der Waals surface area contributed by atoms with Gasteiger partial charge < -0.3 is 13.8 Å².